The van der Waals surface area contributed by atoms with Gasteiger partial charge in [0.05, 0.1) is 0 Å². The average Bonchev–Trinajstić information content (AvgIpc) is 2.76. The second-order valence-corrected chi connectivity index (χ2v) is 7.08. The highest BCUT2D eigenvalue weighted by Gasteiger charge is 2.50. The largest absolute Gasteiger partial charge is 0.350 e. The van der Waals surface area contributed by atoms with E-state index in [4.69, 9.17) is 0 Å². The SMILES string of the molecule is Cc1ccc(CNC(=O)CN2C(=O)NC3(CCCCCC3)C2=O)cc1. The summed E-state index contributed by atoms with van der Waals surface area (Å²) < 4.78 is 0. The lowest BCUT2D eigenvalue weighted by Gasteiger charge is -2.24. The van der Waals surface area contributed by atoms with Crippen molar-refractivity contribution in [2.45, 2.75) is 57.5 Å². The van der Waals surface area contributed by atoms with Crippen LogP contribution in [0.15, 0.2) is 24.3 Å². The van der Waals surface area contributed by atoms with Crippen LogP contribution in [0.5, 0.6) is 0 Å². The molecule has 1 aromatic carbocycles. The van der Waals surface area contributed by atoms with Gasteiger partial charge in [0.15, 0.2) is 0 Å². The van der Waals surface area contributed by atoms with Crippen LogP contribution in [-0.4, -0.2) is 34.8 Å². The Morgan fingerprint density at radius 2 is 1.76 bits per heavy atom. The Bertz CT molecular complexity index is 661. The van der Waals surface area contributed by atoms with E-state index in [1.54, 1.807) is 0 Å². The molecule has 0 radical (unpaired) electrons. The van der Waals surface area contributed by atoms with Crippen LogP contribution in [-0.2, 0) is 16.1 Å². The molecule has 25 heavy (non-hydrogen) atoms. The molecule has 1 heterocycles. The molecule has 1 aliphatic heterocycles. The third-order valence-electron chi connectivity index (χ3n) is 5.12. The Labute approximate surface area is 148 Å². The summed E-state index contributed by atoms with van der Waals surface area (Å²) in [5.74, 6) is -0.570. The van der Waals surface area contributed by atoms with Crippen molar-refractivity contribution in [2.24, 2.45) is 0 Å². The van der Waals surface area contributed by atoms with Crippen molar-refractivity contribution in [3.8, 4) is 0 Å². The minimum Gasteiger partial charge on any atom is -0.350 e. The van der Waals surface area contributed by atoms with E-state index in [0.29, 0.717) is 19.4 Å². The molecule has 3 rings (SSSR count). The second-order valence-electron chi connectivity index (χ2n) is 7.08. The molecule has 6 nitrogen and oxygen atoms in total. The van der Waals surface area contributed by atoms with Crippen LogP contribution in [0.3, 0.4) is 0 Å². The predicted octanol–water partition coefficient (Wildman–Crippen LogP) is 2.26. The molecular weight excluding hydrogens is 318 g/mol. The summed E-state index contributed by atoms with van der Waals surface area (Å²) >= 11 is 0. The van der Waals surface area contributed by atoms with Crippen molar-refractivity contribution in [1.82, 2.24) is 15.5 Å². The van der Waals surface area contributed by atoms with E-state index >= 15 is 0 Å². The molecule has 2 fully saturated rings. The lowest BCUT2D eigenvalue weighted by atomic mass is 9.90. The number of rotatable bonds is 4. The molecule has 1 saturated carbocycles. The molecule has 1 saturated heterocycles. The molecule has 2 aliphatic rings. The fourth-order valence-corrected chi connectivity index (χ4v) is 3.60. The van der Waals surface area contributed by atoms with E-state index in [9.17, 15) is 14.4 Å². The van der Waals surface area contributed by atoms with Gasteiger partial charge in [-0.15, -0.1) is 0 Å². The van der Waals surface area contributed by atoms with Crippen molar-refractivity contribution >= 4 is 17.8 Å². The van der Waals surface area contributed by atoms with Gasteiger partial charge in [-0.05, 0) is 25.3 Å². The number of urea groups is 1. The number of nitrogens with zero attached hydrogens (tertiary/aromatic N) is 1. The first-order valence-corrected chi connectivity index (χ1v) is 8.96. The van der Waals surface area contributed by atoms with Crippen molar-refractivity contribution in [2.75, 3.05) is 6.54 Å². The first-order chi connectivity index (χ1) is 12.0. The summed E-state index contributed by atoms with van der Waals surface area (Å²) in [5, 5.41) is 5.63. The molecular formula is C19H25N3O3. The van der Waals surface area contributed by atoms with Gasteiger partial charge in [0, 0.05) is 6.54 Å². The van der Waals surface area contributed by atoms with E-state index in [0.717, 1.165) is 41.7 Å². The van der Waals surface area contributed by atoms with Crippen LogP contribution < -0.4 is 10.6 Å². The number of amides is 4. The van der Waals surface area contributed by atoms with Crippen molar-refractivity contribution in [3.63, 3.8) is 0 Å². The standard InChI is InChI=1S/C19H25N3O3/c1-14-6-8-15(9-7-14)12-20-16(23)13-22-17(24)19(21-18(22)25)10-4-2-3-5-11-19/h6-9H,2-5,10-13H2,1H3,(H,20,23)(H,21,25). The molecule has 0 bridgehead atoms. The van der Waals surface area contributed by atoms with Crippen LogP contribution in [0, 0.1) is 6.92 Å². The minimum atomic E-state index is -0.787. The molecule has 134 valence electrons. The highest BCUT2D eigenvalue weighted by Crippen LogP contribution is 2.32. The van der Waals surface area contributed by atoms with Gasteiger partial charge in [-0.1, -0.05) is 55.5 Å². The zero-order valence-corrected chi connectivity index (χ0v) is 14.6. The summed E-state index contributed by atoms with van der Waals surface area (Å²) in [4.78, 5) is 38.2. The second kappa shape index (κ2) is 7.25. The maximum atomic E-state index is 12.8. The summed E-state index contributed by atoms with van der Waals surface area (Å²) in [5.41, 5.74) is 1.35. The maximum absolute atomic E-state index is 12.8. The molecule has 4 amide bonds. The number of hydrogen-bond donors (Lipinski definition) is 2. The van der Waals surface area contributed by atoms with Gasteiger partial charge in [0.2, 0.25) is 5.91 Å². The molecule has 1 aromatic rings. The first kappa shape index (κ1) is 17.5. The number of carbonyl (C=O) groups excluding carboxylic acids is 3. The lowest BCUT2D eigenvalue weighted by Crippen LogP contribution is -2.47. The zero-order valence-electron chi connectivity index (χ0n) is 14.6. The highest BCUT2D eigenvalue weighted by atomic mass is 16.2. The van der Waals surface area contributed by atoms with Gasteiger partial charge < -0.3 is 10.6 Å². The summed E-state index contributed by atoms with van der Waals surface area (Å²) in [6.07, 6.45) is 5.36. The fraction of sp³-hybridized carbons (Fsp3) is 0.526. The molecule has 0 aromatic heterocycles. The number of benzene rings is 1. The van der Waals surface area contributed by atoms with Gasteiger partial charge in [-0.2, -0.15) is 0 Å². The van der Waals surface area contributed by atoms with Crippen molar-refractivity contribution in [1.29, 1.82) is 0 Å². The highest BCUT2D eigenvalue weighted by molar-refractivity contribution is 6.09. The third-order valence-corrected chi connectivity index (χ3v) is 5.12. The lowest BCUT2D eigenvalue weighted by molar-refractivity contribution is -0.135. The van der Waals surface area contributed by atoms with Gasteiger partial charge >= 0.3 is 6.03 Å². The van der Waals surface area contributed by atoms with E-state index in [1.807, 2.05) is 31.2 Å². The summed E-state index contributed by atoms with van der Waals surface area (Å²) in [7, 11) is 0. The Morgan fingerprint density at radius 3 is 2.40 bits per heavy atom. The van der Waals surface area contributed by atoms with Gasteiger partial charge in [0.25, 0.3) is 5.91 Å². The molecule has 0 atom stereocenters. The van der Waals surface area contributed by atoms with Crippen molar-refractivity contribution < 1.29 is 14.4 Å². The van der Waals surface area contributed by atoms with E-state index in [-0.39, 0.29) is 18.4 Å². The minimum absolute atomic E-state index is 0.224. The quantitative estimate of drug-likeness (QED) is 0.823. The Hall–Kier alpha value is -2.37. The Morgan fingerprint density at radius 1 is 1.12 bits per heavy atom. The van der Waals surface area contributed by atoms with Crippen LogP contribution in [0.25, 0.3) is 0 Å². The average molecular weight is 343 g/mol. The topological polar surface area (TPSA) is 78.5 Å². The third kappa shape index (κ3) is 3.83. The first-order valence-electron chi connectivity index (χ1n) is 8.96. The van der Waals surface area contributed by atoms with E-state index in [1.165, 1.54) is 0 Å². The smallest absolute Gasteiger partial charge is 0.325 e. The molecule has 2 N–H and O–H groups in total. The molecule has 1 spiro atoms. The van der Waals surface area contributed by atoms with Gasteiger partial charge in [0.1, 0.15) is 12.1 Å². The number of imide groups is 1. The normalized spacial score (nSPS) is 19.6. The number of carbonyl (C=O) groups is 3. The molecule has 1 aliphatic carbocycles. The Balaban J connectivity index is 1.58. The van der Waals surface area contributed by atoms with Crippen LogP contribution in [0.2, 0.25) is 0 Å². The van der Waals surface area contributed by atoms with Gasteiger partial charge in [-0.3, -0.25) is 14.5 Å². The number of aryl methyl sites for hydroxylation is 1. The van der Waals surface area contributed by atoms with E-state index < -0.39 is 11.6 Å². The fourth-order valence-electron chi connectivity index (χ4n) is 3.60. The zero-order chi connectivity index (χ0) is 17.9. The predicted molar refractivity (Wildman–Crippen MR) is 93.7 cm³/mol. The van der Waals surface area contributed by atoms with Gasteiger partial charge in [-0.25, -0.2) is 4.79 Å². The number of hydrogen-bond acceptors (Lipinski definition) is 3. The van der Waals surface area contributed by atoms with Crippen LogP contribution in [0.4, 0.5) is 4.79 Å². The molecule has 6 heteroatoms. The number of nitrogens with one attached hydrogen (secondary N) is 2. The maximum Gasteiger partial charge on any atom is 0.325 e. The monoisotopic (exact) mass is 343 g/mol. The molecule has 0 unspecified atom stereocenters. The van der Waals surface area contributed by atoms with Crippen molar-refractivity contribution in [3.05, 3.63) is 35.4 Å². The summed E-state index contributed by atoms with van der Waals surface area (Å²) in [6.45, 7) is 2.16. The summed E-state index contributed by atoms with van der Waals surface area (Å²) in [6, 6.07) is 7.41. The van der Waals surface area contributed by atoms with Crippen LogP contribution >= 0.6 is 0 Å². The van der Waals surface area contributed by atoms with Crippen LogP contribution in [0.1, 0.15) is 49.7 Å². The Kier molecular flexibility index (Phi) is 5.06. The van der Waals surface area contributed by atoms with E-state index in [2.05, 4.69) is 10.6 Å².